The number of sulfonamides is 1. The Hall–Kier alpha value is -2.24. The highest BCUT2D eigenvalue weighted by atomic mass is 32.2. The number of rotatable bonds is 6. The van der Waals surface area contributed by atoms with E-state index in [1.165, 1.54) is 6.42 Å². The van der Waals surface area contributed by atoms with Gasteiger partial charge in [-0.2, -0.15) is 4.37 Å². The standard InChI is InChI=1S/C17H24N6O3S2/c1-12-6-7-13(14(10-12)23-8-4-3-5-9-23)19-16(24)21-17-20-15(22-27-17)11-18-28(2,25)26/h6-7,10,18H,3-5,8-9,11H2,1-2H3,(H2,19,20,21,22,24). The molecule has 1 aromatic carbocycles. The van der Waals surface area contributed by atoms with Crippen LogP contribution in [0.25, 0.3) is 0 Å². The third kappa shape index (κ3) is 5.88. The monoisotopic (exact) mass is 424 g/mol. The Bertz CT molecular complexity index is 938. The van der Waals surface area contributed by atoms with Crippen LogP contribution in [0.1, 0.15) is 30.7 Å². The molecule has 0 spiro atoms. The van der Waals surface area contributed by atoms with Crippen LogP contribution in [0.4, 0.5) is 21.3 Å². The number of nitrogens with one attached hydrogen (secondary N) is 3. The molecule has 1 aliphatic heterocycles. The van der Waals surface area contributed by atoms with E-state index in [-0.39, 0.29) is 6.54 Å². The van der Waals surface area contributed by atoms with Gasteiger partial charge in [0.2, 0.25) is 15.2 Å². The molecular weight excluding hydrogens is 400 g/mol. The number of nitrogens with zero attached hydrogens (tertiary/aromatic N) is 3. The summed E-state index contributed by atoms with van der Waals surface area (Å²) in [5.74, 6) is 0.301. The molecule has 3 N–H and O–H groups in total. The predicted molar refractivity (Wildman–Crippen MR) is 111 cm³/mol. The third-order valence-electron chi connectivity index (χ3n) is 4.28. The van der Waals surface area contributed by atoms with Crippen LogP contribution in [0.3, 0.4) is 0 Å². The molecule has 1 saturated heterocycles. The topological polar surface area (TPSA) is 116 Å². The van der Waals surface area contributed by atoms with Crippen LogP contribution in [0, 0.1) is 6.92 Å². The quantitative estimate of drug-likeness (QED) is 0.656. The van der Waals surface area contributed by atoms with Crippen molar-refractivity contribution in [3.05, 3.63) is 29.6 Å². The summed E-state index contributed by atoms with van der Waals surface area (Å²) in [4.78, 5) is 18.8. The Morgan fingerprint density at radius 2 is 1.96 bits per heavy atom. The number of aryl methyl sites for hydroxylation is 1. The number of carbonyl (C=O) groups is 1. The highest BCUT2D eigenvalue weighted by Gasteiger charge is 2.17. The highest BCUT2D eigenvalue weighted by Crippen LogP contribution is 2.30. The lowest BCUT2D eigenvalue weighted by molar-refractivity contribution is 0.262. The van der Waals surface area contributed by atoms with Crippen LogP contribution in [-0.2, 0) is 16.6 Å². The lowest BCUT2D eigenvalue weighted by atomic mass is 10.1. The number of anilines is 3. The van der Waals surface area contributed by atoms with E-state index in [0.717, 1.165) is 60.7 Å². The Balaban J connectivity index is 1.64. The van der Waals surface area contributed by atoms with E-state index in [1.807, 2.05) is 19.1 Å². The number of hydrogen-bond donors (Lipinski definition) is 3. The van der Waals surface area contributed by atoms with E-state index in [0.29, 0.717) is 11.0 Å². The van der Waals surface area contributed by atoms with Gasteiger partial charge in [0.15, 0.2) is 5.82 Å². The summed E-state index contributed by atoms with van der Waals surface area (Å²) >= 11 is 0.995. The zero-order valence-electron chi connectivity index (χ0n) is 15.9. The van der Waals surface area contributed by atoms with Gasteiger partial charge in [-0.05, 0) is 43.9 Å². The largest absolute Gasteiger partial charge is 0.370 e. The summed E-state index contributed by atoms with van der Waals surface area (Å²) in [7, 11) is -3.33. The fourth-order valence-corrected chi connectivity index (χ4v) is 3.94. The van der Waals surface area contributed by atoms with Crippen LogP contribution in [0.2, 0.25) is 0 Å². The van der Waals surface area contributed by atoms with Gasteiger partial charge in [-0.1, -0.05) is 6.07 Å². The van der Waals surface area contributed by atoms with E-state index in [9.17, 15) is 13.2 Å². The van der Waals surface area contributed by atoms with E-state index in [1.54, 1.807) is 0 Å². The molecule has 28 heavy (non-hydrogen) atoms. The molecule has 2 heterocycles. The fraction of sp³-hybridized carbons (Fsp3) is 0.471. The molecular formula is C17H24N6O3S2. The van der Waals surface area contributed by atoms with Gasteiger partial charge < -0.3 is 10.2 Å². The molecule has 152 valence electrons. The number of aromatic nitrogens is 2. The minimum absolute atomic E-state index is 0.0182. The minimum atomic E-state index is -3.33. The Morgan fingerprint density at radius 1 is 1.21 bits per heavy atom. The van der Waals surface area contributed by atoms with E-state index in [2.05, 4.69) is 35.7 Å². The summed E-state index contributed by atoms with van der Waals surface area (Å²) in [6, 6.07) is 5.53. The highest BCUT2D eigenvalue weighted by molar-refractivity contribution is 7.88. The molecule has 1 fully saturated rings. The number of benzene rings is 1. The normalized spacial score (nSPS) is 14.7. The van der Waals surface area contributed by atoms with Crippen molar-refractivity contribution in [2.75, 3.05) is 34.9 Å². The van der Waals surface area contributed by atoms with Gasteiger partial charge >= 0.3 is 6.03 Å². The zero-order chi connectivity index (χ0) is 20.1. The Labute approximate surface area is 168 Å². The molecule has 0 saturated carbocycles. The molecule has 0 bridgehead atoms. The van der Waals surface area contributed by atoms with Crippen LogP contribution >= 0.6 is 11.5 Å². The van der Waals surface area contributed by atoms with E-state index in [4.69, 9.17) is 0 Å². The molecule has 9 nitrogen and oxygen atoms in total. The van der Waals surface area contributed by atoms with Crippen molar-refractivity contribution in [1.29, 1.82) is 0 Å². The number of piperidine rings is 1. The maximum absolute atomic E-state index is 12.4. The van der Waals surface area contributed by atoms with Crippen molar-refractivity contribution < 1.29 is 13.2 Å². The second-order valence-electron chi connectivity index (χ2n) is 6.76. The fourth-order valence-electron chi connectivity index (χ4n) is 2.97. The van der Waals surface area contributed by atoms with Gasteiger partial charge in [0.05, 0.1) is 24.2 Å². The molecule has 0 radical (unpaired) electrons. The van der Waals surface area contributed by atoms with Crippen molar-refractivity contribution in [3.63, 3.8) is 0 Å². The average Bonchev–Trinajstić information content (AvgIpc) is 3.09. The van der Waals surface area contributed by atoms with Crippen LogP contribution in [0.15, 0.2) is 18.2 Å². The molecule has 1 aliphatic rings. The maximum atomic E-state index is 12.4. The zero-order valence-corrected chi connectivity index (χ0v) is 17.5. The van der Waals surface area contributed by atoms with Crippen molar-refractivity contribution >= 4 is 44.1 Å². The van der Waals surface area contributed by atoms with Gasteiger partial charge in [-0.15, -0.1) is 0 Å². The SMILES string of the molecule is Cc1ccc(NC(=O)Nc2nc(CNS(C)(=O)=O)ns2)c(N2CCCCC2)c1. The molecule has 2 aromatic rings. The van der Waals surface area contributed by atoms with E-state index >= 15 is 0 Å². The first-order valence-electron chi connectivity index (χ1n) is 9.01. The number of urea groups is 1. The summed E-state index contributed by atoms with van der Waals surface area (Å²) in [5, 5.41) is 5.84. The second kappa shape index (κ2) is 8.84. The molecule has 3 rings (SSSR count). The third-order valence-corrected chi connectivity index (χ3v) is 5.62. The molecule has 0 unspecified atom stereocenters. The maximum Gasteiger partial charge on any atom is 0.325 e. The molecule has 0 atom stereocenters. The smallest absolute Gasteiger partial charge is 0.325 e. The van der Waals surface area contributed by atoms with Gasteiger partial charge in [0.25, 0.3) is 0 Å². The van der Waals surface area contributed by atoms with Crippen molar-refractivity contribution in [2.45, 2.75) is 32.7 Å². The first kappa shape index (κ1) is 20.5. The van der Waals surface area contributed by atoms with Crippen molar-refractivity contribution in [3.8, 4) is 0 Å². The molecule has 2 amide bonds. The summed E-state index contributed by atoms with van der Waals surface area (Å²) in [6.07, 6.45) is 4.59. The lowest BCUT2D eigenvalue weighted by Gasteiger charge is -2.30. The molecule has 11 heteroatoms. The minimum Gasteiger partial charge on any atom is -0.370 e. The van der Waals surface area contributed by atoms with Crippen molar-refractivity contribution in [1.82, 2.24) is 14.1 Å². The van der Waals surface area contributed by atoms with E-state index < -0.39 is 16.1 Å². The molecule has 1 aromatic heterocycles. The predicted octanol–water partition coefficient (Wildman–Crippen LogP) is 2.53. The first-order chi connectivity index (χ1) is 13.3. The van der Waals surface area contributed by atoms with Crippen LogP contribution in [-0.4, -0.2) is 43.2 Å². The van der Waals surface area contributed by atoms with Gasteiger partial charge in [-0.25, -0.2) is 22.9 Å². The summed E-state index contributed by atoms with van der Waals surface area (Å²) in [5.41, 5.74) is 2.90. The number of amides is 2. The molecule has 0 aliphatic carbocycles. The lowest BCUT2D eigenvalue weighted by Crippen LogP contribution is -2.31. The van der Waals surface area contributed by atoms with Gasteiger partial charge in [-0.3, -0.25) is 5.32 Å². The number of carbonyl (C=O) groups excluding carboxylic acids is 1. The first-order valence-corrected chi connectivity index (χ1v) is 11.7. The Kier molecular flexibility index (Phi) is 6.47. The summed E-state index contributed by atoms with van der Waals surface area (Å²) < 4.78 is 28.6. The Morgan fingerprint density at radius 3 is 2.68 bits per heavy atom. The number of hydrogen-bond acceptors (Lipinski definition) is 7. The van der Waals surface area contributed by atoms with Gasteiger partial charge in [0.1, 0.15) is 0 Å². The average molecular weight is 425 g/mol. The second-order valence-corrected chi connectivity index (χ2v) is 9.34. The van der Waals surface area contributed by atoms with Crippen LogP contribution < -0.4 is 20.3 Å². The van der Waals surface area contributed by atoms with Crippen LogP contribution in [0.5, 0.6) is 0 Å². The van der Waals surface area contributed by atoms with Crippen molar-refractivity contribution in [2.24, 2.45) is 0 Å². The summed E-state index contributed by atoms with van der Waals surface area (Å²) in [6.45, 7) is 3.97. The van der Waals surface area contributed by atoms with Gasteiger partial charge in [0, 0.05) is 24.6 Å².